The summed E-state index contributed by atoms with van der Waals surface area (Å²) >= 11 is 3.50. The Hall–Kier alpha value is -1.88. The fourth-order valence-corrected chi connectivity index (χ4v) is 3.04. The molecule has 1 aromatic heterocycles. The Bertz CT molecular complexity index is 711. The standard InChI is InChI=1S/C18H20BrN3O/c1-13-9-15(5-6-17(13)19)21-16-10-14(11-20-12-16)18(23)22-7-3-2-4-8-22/h5-6,9-12,21H,2-4,7-8H2,1H3. The van der Waals surface area contributed by atoms with Crippen LogP contribution in [0.15, 0.2) is 41.1 Å². The molecule has 0 radical (unpaired) electrons. The van der Waals surface area contributed by atoms with Crippen molar-refractivity contribution in [1.82, 2.24) is 9.88 Å². The summed E-state index contributed by atoms with van der Waals surface area (Å²) in [6.45, 7) is 3.74. The SMILES string of the molecule is Cc1cc(Nc2cncc(C(=O)N3CCCCC3)c2)ccc1Br. The van der Waals surface area contributed by atoms with Crippen molar-refractivity contribution < 1.29 is 4.79 Å². The van der Waals surface area contributed by atoms with Gasteiger partial charge in [-0.2, -0.15) is 0 Å². The summed E-state index contributed by atoms with van der Waals surface area (Å²) in [5.41, 5.74) is 3.61. The first kappa shape index (κ1) is 16.0. The van der Waals surface area contributed by atoms with Gasteiger partial charge in [-0.1, -0.05) is 15.9 Å². The molecule has 3 rings (SSSR count). The van der Waals surface area contributed by atoms with Gasteiger partial charge < -0.3 is 10.2 Å². The van der Waals surface area contributed by atoms with E-state index in [2.05, 4.69) is 32.3 Å². The summed E-state index contributed by atoms with van der Waals surface area (Å²) in [6.07, 6.45) is 6.79. The lowest BCUT2D eigenvalue weighted by Gasteiger charge is -2.26. The molecule has 0 spiro atoms. The molecule has 5 heteroatoms. The van der Waals surface area contributed by atoms with E-state index in [1.54, 1.807) is 12.4 Å². The van der Waals surface area contributed by atoms with Gasteiger partial charge in [-0.15, -0.1) is 0 Å². The van der Waals surface area contributed by atoms with Crippen LogP contribution in [0.3, 0.4) is 0 Å². The van der Waals surface area contributed by atoms with Gasteiger partial charge in [-0.3, -0.25) is 9.78 Å². The molecule has 2 heterocycles. The second-order valence-corrected chi connectivity index (χ2v) is 6.76. The minimum absolute atomic E-state index is 0.0767. The third kappa shape index (κ3) is 3.91. The molecule has 1 fully saturated rings. The van der Waals surface area contributed by atoms with Crippen molar-refractivity contribution in [3.05, 3.63) is 52.3 Å². The molecule has 0 atom stereocenters. The van der Waals surface area contributed by atoms with Gasteiger partial charge >= 0.3 is 0 Å². The minimum Gasteiger partial charge on any atom is -0.354 e. The Balaban J connectivity index is 1.76. The fourth-order valence-electron chi connectivity index (χ4n) is 2.79. The Labute approximate surface area is 145 Å². The van der Waals surface area contributed by atoms with Gasteiger partial charge in [-0.25, -0.2) is 0 Å². The van der Waals surface area contributed by atoms with Crippen molar-refractivity contribution in [2.45, 2.75) is 26.2 Å². The molecule has 1 aliphatic heterocycles. The lowest BCUT2D eigenvalue weighted by Crippen LogP contribution is -2.35. The van der Waals surface area contributed by atoms with Crippen LogP contribution in [0.5, 0.6) is 0 Å². The van der Waals surface area contributed by atoms with Crippen molar-refractivity contribution in [2.24, 2.45) is 0 Å². The molecule has 0 unspecified atom stereocenters. The average molecular weight is 374 g/mol. The zero-order chi connectivity index (χ0) is 16.2. The number of likely N-dealkylation sites (tertiary alicyclic amines) is 1. The first-order valence-corrected chi connectivity index (χ1v) is 8.70. The number of rotatable bonds is 3. The number of anilines is 2. The third-order valence-electron chi connectivity index (χ3n) is 4.08. The summed E-state index contributed by atoms with van der Waals surface area (Å²) in [5, 5.41) is 3.32. The Morgan fingerprint density at radius 1 is 1.13 bits per heavy atom. The monoisotopic (exact) mass is 373 g/mol. The Morgan fingerprint density at radius 2 is 1.91 bits per heavy atom. The van der Waals surface area contributed by atoms with Crippen LogP contribution in [0.1, 0.15) is 35.2 Å². The van der Waals surface area contributed by atoms with E-state index in [9.17, 15) is 4.79 Å². The maximum atomic E-state index is 12.6. The highest BCUT2D eigenvalue weighted by Crippen LogP contribution is 2.23. The van der Waals surface area contributed by atoms with E-state index in [1.807, 2.05) is 30.0 Å². The number of pyridine rings is 1. The highest BCUT2D eigenvalue weighted by atomic mass is 79.9. The van der Waals surface area contributed by atoms with E-state index in [1.165, 1.54) is 6.42 Å². The van der Waals surface area contributed by atoms with Crippen molar-refractivity contribution in [2.75, 3.05) is 18.4 Å². The minimum atomic E-state index is 0.0767. The molecule has 1 N–H and O–H groups in total. The van der Waals surface area contributed by atoms with Crippen LogP contribution < -0.4 is 5.32 Å². The van der Waals surface area contributed by atoms with Gasteiger partial charge in [0.2, 0.25) is 0 Å². The number of carbonyl (C=O) groups excluding carboxylic acids is 1. The first-order chi connectivity index (χ1) is 11.1. The lowest BCUT2D eigenvalue weighted by molar-refractivity contribution is 0.0724. The zero-order valence-electron chi connectivity index (χ0n) is 13.2. The highest BCUT2D eigenvalue weighted by molar-refractivity contribution is 9.10. The van der Waals surface area contributed by atoms with Crippen molar-refractivity contribution in [3.63, 3.8) is 0 Å². The predicted octanol–water partition coefficient (Wildman–Crippen LogP) is 4.52. The molecule has 120 valence electrons. The van der Waals surface area contributed by atoms with E-state index in [-0.39, 0.29) is 5.91 Å². The number of hydrogen-bond donors (Lipinski definition) is 1. The summed E-state index contributed by atoms with van der Waals surface area (Å²) in [6, 6.07) is 7.94. The fraction of sp³-hybridized carbons (Fsp3) is 0.333. The van der Waals surface area contributed by atoms with Crippen LogP contribution in [0.25, 0.3) is 0 Å². The van der Waals surface area contributed by atoms with Gasteiger partial charge in [0.25, 0.3) is 5.91 Å². The number of nitrogens with one attached hydrogen (secondary N) is 1. The quantitative estimate of drug-likeness (QED) is 0.859. The number of amides is 1. The molecule has 1 aromatic carbocycles. The molecule has 1 saturated heterocycles. The summed E-state index contributed by atoms with van der Waals surface area (Å²) in [7, 11) is 0. The van der Waals surface area contributed by atoms with Gasteiger partial charge in [-0.05, 0) is 56.0 Å². The van der Waals surface area contributed by atoms with E-state index < -0.39 is 0 Å². The van der Waals surface area contributed by atoms with Crippen LogP contribution in [0.4, 0.5) is 11.4 Å². The zero-order valence-corrected chi connectivity index (χ0v) is 14.8. The molecule has 0 saturated carbocycles. The second kappa shape index (κ2) is 7.13. The lowest BCUT2D eigenvalue weighted by atomic mass is 10.1. The van der Waals surface area contributed by atoms with Crippen LogP contribution in [-0.2, 0) is 0 Å². The number of nitrogens with zero attached hydrogens (tertiary/aromatic N) is 2. The van der Waals surface area contributed by atoms with Crippen LogP contribution in [0.2, 0.25) is 0 Å². The van der Waals surface area contributed by atoms with E-state index in [4.69, 9.17) is 0 Å². The molecule has 4 nitrogen and oxygen atoms in total. The Morgan fingerprint density at radius 3 is 2.65 bits per heavy atom. The number of aromatic nitrogens is 1. The number of piperidine rings is 1. The number of benzene rings is 1. The summed E-state index contributed by atoms with van der Waals surface area (Å²) in [5.74, 6) is 0.0767. The summed E-state index contributed by atoms with van der Waals surface area (Å²) < 4.78 is 1.08. The molecule has 0 bridgehead atoms. The van der Waals surface area contributed by atoms with Gasteiger partial charge in [0.15, 0.2) is 0 Å². The van der Waals surface area contributed by atoms with E-state index in [0.717, 1.165) is 47.3 Å². The second-order valence-electron chi connectivity index (χ2n) is 5.90. The summed E-state index contributed by atoms with van der Waals surface area (Å²) in [4.78, 5) is 18.7. The van der Waals surface area contributed by atoms with Crippen LogP contribution in [-0.4, -0.2) is 28.9 Å². The van der Waals surface area contributed by atoms with Crippen LogP contribution >= 0.6 is 15.9 Å². The maximum Gasteiger partial charge on any atom is 0.255 e. The molecule has 1 amide bonds. The van der Waals surface area contributed by atoms with Crippen LogP contribution in [0, 0.1) is 6.92 Å². The van der Waals surface area contributed by atoms with Crippen molar-refractivity contribution in [3.8, 4) is 0 Å². The maximum absolute atomic E-state index is 12.6. The topological polar surface area (TPSA) is 45.2 Å². The normalized spacial score (nSPS) is 14.6. The Kier molecular flexibility index (Phi) is 4.96. The predicted molar refractivity (Wildman–Crippen MR) is 96.2 cm³/mol. The highest BCUT2D eigenvalue weighted by Gasteiger charge is 2.18. The van der Waals surface area contributed by atoms with Gasteiger partial charge in [0.05, 0.1) is 17.4 Å². The number of carbonyl (C=O) groups is 1. The largest absolute Gasteiger partial charge is 0.354 e. The third-order valence-corrected chi connectivity index (χ3v) is 4.96. The van der Waals surface area contributed by atoms with Gasteiger partial charge in [0.1, 0.15) is 0 Å². The molecular weight excluding hydrogens is 354 g/mol. The average Bonchev–Trinajstić information content (AvgIpc) is 2.58. The molecule has 23 heavy (non-hydrogen) atoms. The number of aryl methyl sites for hydroxylation is 1. The first-order valence-electron chi connectivity index (χ1n) is 7.91. The van der Waals surface area contributed by atoms with Crippen molar-refractivity contribution >= 4 is 33.2 Å². The molecule has 1 aliphatic rings. The molecule has 0 aliphatic carbocycles. The molecule has 2 aromatic rings. The van der Waals surface area contributed by atoms with E-state index >= 15 is 0 Å². The smallest absolute Gasteiger partial charge is 0.255 e. The number of hydrogen-bond acceptors (Lipinski definition) is 3. The van der Waals surface area contributed by atoms with Gasteiger partial charge in [0, 0.05) is 29.4 Å². The van der Waals surface area contributed by atoms with E-state index in [0.29, 0.717) is 5.56 Å². The number of halogens is 1. The molecular formula is C18H20BrN3O. The van der Waals surface area contributed by atoms with Crippen molar-refractivity contribution in [1.29, 1.82) is 0 Å².